The lowest BCUT2D eigenvalue weighted by Crippen LogP contribution is -1.75. The van der Waals surface area contributed by atoms with Gasteiger partial charge in [-0.25, -0.2) is 0 Å². The van der Waals surface area contributed by atoms with Crippen LogP contribution in [0.25, 0.3) is 0 Å². The number of allylic oxidation sites excluding steroid dienone is 8. The quantitative estimate of drug-likeness (QED) is 0.470. The minimum absolute atomic E-state index is 0.498. The van der Waals surface area contributed by atoms with Crippen LogP contribution in [0.15, 0.2) is 60.1 Å². The molecule has 0 saturated carbocycles. The standard InChI is InChI=1S/C13H17ClO/c1-4-5-6-10-13(3)15-11-8-7-9-12(2)14/h5-11H,2,4H2,1,3H3/b6-5-,9-7-,11-8+,13-10+. The monoisotopic (exact) mass is 224 g/mol. The van der Waals surface area contributed by atoms with E-state index in [2.05, 4.69) is 19.6 Å². The highest BCUT2D eigenvalue weighted by atomic mass is 35.5. The van der Waals surface area contributed by atoms with Gasteiger partial charge < -0.3 is 4.74 Å². The Morgan fingerprint density at radius 3 is 2.67 bits per heavy atom. The molecule has 15 heavy (non-hydrogen) atoms. The summed E-state index contributed by atoms with van der Waals surface area (Å²) in [6, 6.07) is 0. The van der Waals surface area contributed by atoms with Crippen LogP contribution in [-0.4, -0.2) is 0 Å². The summed E-state index contributed by atoms with van der Waals surface area (Å²) in [6.45, 7) is 7.51. The molecule has 0 fully saturated rings. The van der Waals surface area contributed by atoms with Crippen molar-refractivity contribution in [1.29, 1.82) is 0 Å². The minimum atomic E-state index is 0.498. The second kappa shape index (κ2) is 9.35. The lowest BCUT2D eigenvalue weighted by Gasteiger charge is -1.95. The zero-order valence-corrected chi connectivity index (χ0v) is 10.00. The second-order valence-electron chi connectivity index (χ2n) is 2.87. The summed E-state index contributed by atoms with van der Waals surface area (Å²) in [5.41, 5.74) is 0. The van der Waals surface area contributed by atoms with Gasteiger partial charge in [-0.15, -0.1) is 0 Å². The van der Waals surface area contributed by atoms with Crippen molar-refractivity contribution < 1.29 is 4.74 Å². The molecule has 0 aromatic heterocycles. The van der Waals surface area contributed by atoms with Crippen LogP contribution in [0.2, 0.25) is 0 Å². The molecule has 0 aliphatic carbocycles. The fourth-order valence-electron chi connectivity index (χ4n) is 0.731. The molecule has 0 aromatic rings. The van der Waals surface area contributed by atoms with E-state index in [1.54, 1.807) is 24.5 Å². The van der Waals surface area contributed by atoms with Crippen molar-refractivity contribution in [2.75, 3.05) is 0 Å². The molecule has 0 unspecified atom stereocenters. The van der Waals surface area contributed by atoms with Crippen LogP contribution < -0.4 is 0 Å². The molecule has 0 bridgehead atoms. The molecule has 82 valence electrons. The van der Waals surface area contributed by atoms with Crippen LogP contribution >= 0.6 is 11.6 Å². The molecule has 0 heterocycles. The predicted octanol–water partition coefficient (Wildman–Crippen LogP) is 4.70. The van der Waals surface area contributed by atoms with Gasteiger partial charge in [0, 0.05) is 5.03 Å². The van der Waals surface area contributed by atoms with Crippen LogP contribution in [0.5, 0.6) is 0 Å². The minimum Gasteiger partial charge on any atom is -0.470 e. The van der Waals surface area contributed by atoms with Crippen molar-refractivity contribution in [3.63, 3.8) is 0 Å². The smallest absolute Gasteiger partial charge is 0.100 e. The van der Waals surface area contributed by atoms with E-state index in [0.717, 1.165) is 12.2 Å². The molecular formula is C13H17ClO. The Balaban J connectivity index is 3.89. The second-order valence-corrected chi connectivity index (χ2v) is 3.35. The first-order chi connectivity index (χ1) is 7.16. The normalized spacial score (nSPS) is 13.1. The number of halogens is 1. The van der Waals surface area contributed by atoms with E-state index >= 15 is 0 Å². The largest absolute Gasteiger partial charge is 0.470 e. The fraction of sp³-hybridized carbons (Fsp3) is 0.231. The van der Waals surface area contributed by atoms with E-state index in [0.29, 0.717) is 5.03 Å². The highest BCUT2D eigenvalue weighted by Crippen LogP contribution is 2.00. The summed E-state index contributed by atoms with van der Waals surface area (Å²) in [5, 5.41) is 0.498. The first-order valence-corrected chi connectivity index (χ1v) is 5.22. The van der Waals surface area contributed by atoms with E-state index in [9.17, 15) is 0 Å². The average molecular weight is 225 g/mol. The molecular weight excluding hydrogens is 208 g/mol. The molecule has 0 radical (unpaired) electrons. The fourth-order valence-corrected chi connectivity index (χ4v) is 0.804. The van der Waals surface area contributed by atoms with Gasteiger partial charge in [0.05, 0.1) is 6.26 Å². The predicted molar refractivity (Wildman–Crippen MR) is 67.5 cm³/mol. The molecule has 0 saturated heterocycles. The first-order valence-electron chi connectivity index (χ1n) is 4.84. The summed E-state index contributed by atoms with van der Waals surface area (Å²) < 4.78 is 5.28. The molecule has 0 aliphatic heterocycles. The van der Waals surface area contributed by atoms with Crippen LogP contribution in [0, 0.1) is 0 Å². The topological polar surface area (TPSA) is 9.23 Å². The molecule has 1 nitrogen and oxygen atoms in total. The third-order valence-corrected chi connectivity index (χ3v) is 1.55. The Morgan fingerprint density at radius 2 is 2.07 bits per heavy atom. The third-order valence-electron chi connectivity index (χ3n) is 1.42. The lowest BCUT2D eigenvalue weighted by molar-refractivity contribution is 0.353. The van der Waals surface area contributed by atoms with E-state index in [1.165, 1.54) is 0 Å². The molecule has 0 spiro atoms. The van der Waals surface area contributed by atoms with Crippen molar-refractivity contribution in [3.8, 4) is 0 Å². The highest BCUT2D eigenvalue weighted by Gasteiger charge is 1.81. The number of hydrogen-bond acceptors (Lipinski definition) is 1. The van der Waals surface area contributed by atoms with Gasteiger partial charge in [-0.3, -0.25) is 0 Å². The van der Waals surface area contributed by atoms with Gasteiger partial charge in [-0.05, 0) is 31.6 Å². The van der Waals surface area contributed by atoms with Crippen molar-refractivity contribution in [2.45, 2.75) is 20.3 Å². The molecule has 0 aliphatic rings. The Bertz CT molecular complexity index is 296. The van der Waals surface area contributed by atoms with Crippen LogP contribution in [-0.2, 0) is 4.74 Å². The van der Waals surface area contributed by atoms with Gasteiger partial charge in [-0.2, -0.15) is 0 Å². The summed E-state index contributed by atoms with van der Waals surface area (Å²) in [4.78, 5) is 0. The van der Waals surface area contributed by atoms with Crippen LogP contribution in [0.4, 0.5) is 0 Å². The summed E-state index contributed by atoms with van der Waals surface area (Å²) in [7, 11) is 0. The maximum atomic E-state index is 5.53. The van der Waals surface area contributed by atoms with Crippen molar-refractivity contribution >= 4 is 11.6 Å². The van der Waals surface area contributed by atoms with Crippen molar-refractivity contribution in [2.24, 2.45) is 0 Å². The molecule has 0 atom stereocenters. The van der Waals surface area contributed by atoms with E-state index in [4.69, 9.17) is 16.3 Å². The zero-order valence-electron chi connectivity index (χ0n) is 9.24. The maximum Gasteiger partial charge on any atom is 0.100 e. The SMILES string of the molecule is C=C(Cl)/C=C\C=C\O/C(C)=C/C=C\CC. The number of rotatable bonds is 6. The van der Waals surface area contributed by atoms with Crippen LogP contribution in [0.3, 0.4) is 0 Å². The number of hydrogen-bond donors (Lipinski definition) is 0. The molecule has 0 N–H and O–H groups in total. The molecule has 0 aromatic carbocycles. The Morgan fingerprint density at radius 1 is 1.33 bits per heavy atom. The lowest BCUT2D eigenvalue weighted by atomic mass is 10.4. The van der Waals surface area contributed by atoms with Crippen LogP contribution in [0.1, 0.15) is 20.3 Å². The Hall–Kier alpha value is -1.21. The Kier molecular flexibility index (Phi) is 8.59. The maximum absolute atomic E-state index is 5.53. The molecule has 0 rings (SSSR count). The van der Waals surface area contributed by atoms with Gasteiger partial charge >= 0.3 is 0 Å². The van der Waals surface area contributed by atoms with Crippen molar-refractivity contribution in [1.82, 2.24) is 0 Å². The van der Waals surface area contributed by atoms with Gasteiger partial charge in [-0.1, -0.05) is 43.3 Å². The number of ether oxygens (including phenoxy) is 1. The van der Waals surface area contributed by atoms with E-state index in [1.807, 2.05) is 19.1 Å². The highest BCUT2D eigenvalue weighted by molar-refractivity contribution is 6.30. The molecule has 2 heteroatoms. The van der Waals surface area contributed by atoms with Gasteiger partial charge in [0.1, 0.15) is 5.76 Å². The van der Waals surface area contributed by atoms with Gasteiger partial charge in [0.25, 0.3) is 0 Å². The zero-order chi connectivity index (χ0) is 11.5. The van der Waals surface area contributed by atoms with E-state index in [-0.39, 0.29) is 0 Å². The summed E-state index contributed by atoms with van der Waals surface area (Å²) >= 11 is 5.53. The third kappa shape index (κ3) is 10.7. The summed E-state index contributed by atoms with van der Waals surface area (Å²) in [5.74, 6) is 0.842. The first kappa shape index (κ1) is 13.8. The van der Waals surface area contributed by atoms with E-state index < -0.39 is 0 Å². The Labute approximate surface area is 97.1 Å². The summed E-state index contributed by atoms with van der Waals surface area (Å²) in [6.07, 6.45) is 13.8. The molecule has 0 amide bonds. The van der Waals surface area contributed by atoms with Crippen molar-refractivity contribution in [3.05, 3.63) is 60.1 Å². The van der Waals surface area contributed by atoms with Gasteiger partial charge in [0.2, 0.25) is 0 Å². The average Bonchev–Trinajstić information content (AvgIpc) is 2.17. The van der Waals surface area contributed by atoms with Gasteiger partial charge in [0.15, 0.2) is 0 Å².